The molecule has 1 aromatic rings. The molecule has 0 atom stereocenters. The minimum Gasteiger partial charge on any atom is -0.388 e. The summed E-state index contributed by atoms with van der Waals surface area (Å²) in [6.07, 6.45) is 1.29. The summed E-state index contributed by atoms with van der Waals surface area (Å²) in [6, 6.07) is 5.52. The first kappa shape index (κ1) is 14.2. The monoisotopic (exact) mass is 281 g/mol. The highest BCUT2D eigenvalue weighted by Crippen LogP contribution is 2.23. The molecule has 104 valence electrons. The lowest BCUT2D eigenvalue weighted by atomic mass is 9.94. The predicted molar refractivity (Wildman–Crippen MR) is 78.4 cm³/mol. The van der Waals surface area contributed by atoms with Crippen molar-refractivity contribution >= 4 is 23.0 Å². The van der Waals surface area contributed by atoms with E-state index in [0.29, 0.717) is 38.3 Å². The van der Waals surface area contributed by atoms with Gasteiger partial charge in [-0.05, 0) is 12.1 Å². The predicted octanol–water partition coefficient (Wildman–Crippen LogP) is 0.693. The molecule has 3 N–H and O–H groups in total. The van der Waals surface area contributed by atoms with Gasteiger partial charge in [0.15, 0.2) is 0 Å². The highest BCUT2D eigenvalue weighted by atomic mass is 32.1. The second kappa shape index (κ2) is 5.81. The lowest BCUT2D eigenvalue weighted by molar-refractivity contribution is -0.0573. The van der Waals surface area contributed by atoms with Crippen molar-refractivity contribution in [1.82, 2.24) is 4.98 Å². The van der Waals surface area contributed by atoms with Crippen molar-refractivity contribution < 1.29 is 9.84 Å². The minimum absolute atomic E-state index is 0.278. The second-order valence-electron chi connectivity index (χ2n) is 4.94. The Morgan fingerprint density at radius 1 is 1.53 bits per heavy atom. The molecule has 1 fully saturated rings. The van der Waals surface area contributed by atoms with Crippen LogP contribution in [0.15, 0.2) is 18.2 Å². The van der Waals surface area contributed by atoms with Crippen LogP contribution in [0.25, 0.3) is 0 Å². The number of hydrogen-bond donors (Lipinski definition) is 2. The number of ether oxygens (including phenoxy) is 1. The molecule has 0 saturated carbocycles. The third-order valence-corrected chi connectivity index (χ3v) is 3.54. The first-order chi connectivity index (χ1) is 9.00. The molecular formula is C13H19N3O2S. The summed E-state index contributed by atoms with van der Waals surface area (Å²) in [5, 5.41) is 10.5. The van der Waals surface area contributed by atoms with Crippen molar-refractivity contribution in [3.05, 3.63) is 23.9 Å². The van der Waals surface area contributed by atoms with Crippen LogP contribution < -0.4 is 10.6 Å². The fraction of sp³-hybridized carbons (Fsp3) is 0.538. The fourth-order valence-corrected chi connectivity index (χ4v) is 2.32. The van der Waals surface area contributed by atoms with E-state index in [1.165, 1.54) is 0 Å². The first-order valence-electron chi connectivity index (χ1n) is 6.28. The van der Waals surface area contributed by atoms with Gasteiger partial charge in [0, 0.05) is 39.6 Å². The zero-order chi connectivity index (χ0) is 13.9. The Morgan fingerprint density at radius 3 is 2.84 bits per heavy atom. The van der Waals surface area contributed by atoms with Gasteiger partial charge in [0.25, 0.3) is 0 Å². The third-order valence-electron chi connectivity index (χ3n) is 3.33. The highest BCUT2D eigenvalue weighted by molar-refractivity contribution is 7.80. The van der Waals surface area contributed by atoms with Gasteiger partial charge >= 0.3 is 0 Å². The van der Waals surface area contributed by atoms with Gasteiger partial charge in [-0.2, -0.15) is 0 Å². The van der Waals surface area contributed by atoms with E-state index in [2.05, 4.69) is 4.98 Å². The largest absolute Gasteiger partial charge is 0.388 e. The number of aromatic nitrogens is 1. The van der Waals surface area contributed by atoms with Gasteiger partial charge < -0.3 is 20.5 Å². The SMILES string of the molecule is CN(CC1(O)CCOCC1)c1cccc(C(N)=S)n1. The maximum absolute atomic E-state index is 10.5. The van der Waals surface area contributed by atoms with E-state index < -0.39 is 5.60 Å². The van der Waals surface area contributed by atoms with Gasteiger partial charge in [-0.25, -0.2) is 4.98 Å². The van der Waals surface area contributed by atoms with E-state index in [-0.39, 0.29) is 4.99 Å². The molecule has 0 aromatic carbocycles. The molecular weight excluding hydrogens is 262 g/mol. The Hall–Kier alpha value is -1.24. The molecule has 6 heteroatoms. The molecule has 0 radical (unpaired) electrons. The molecule has 5 nitrogen and oxygen atoms in total. The van der Waals surface area contributed by atoms with Crippen LogP contribution in [-0.4, -0.2) is 47.5 Å². The average Bonchev–Trinajstić information content (AvgIpc) is 2.39. The van der Waals surface area contributed by atoms with Crippen LogP contribution in [0.5, 0.6) is 0 Å². The van der Waals surface area contributed by atoms with Crippen molar-refractivity contribution in [2.24, 2.45) is 5.73 Å². The smallest absolute Gasteiger partial charge is 0.129 e. The van der Waals surface area contributed by atoms with Crippen molar-refractivity contribution in [2.45, 2.75) is 18.4 Å². The molecule has 2 rings (SSSR count). The molecule has 0 bridgehead atoms. The Labute approximate surface area is 118 Å². The quantitative estimate of drug-likeness (QED) is 0.791. The maximum Gasteiger partial charge on any atom is 0.129 e. The van der Waals surface area contributed by atoms with Crippen LogP contribution in [0.4, 0.5) is 5.82 Å². The number of rotatable bonds is 4. The highest BCUT2D eigenvalue weighted by Gasteiger charge is 2.31. The van der Waals surface area contributed by atoms with E-state index >= 15 is 0 Å². The van der Waals surface area contributed by atoms with Crippen LogP contribution in [-0.2, 0) is 4.74 Å². The fourth-order valence-electron chi connectivity index (χ4n) is 2.21. The summed E-state index contributed by atoms with van der Waals surface area (Å²) >= 11 is 4.92. The number of nitrogens with zero attached hydrogens (tertiary/aromatic N) is 2. The molecule has 1 aliphatic heterocycles. The summed E-state index contributed by atoms with van der Waals surface area (Å²) < 4.78 is 5.27. The van der Waals surface area contributed by atoms with E-state index in [1.54, 1.807) is 6.07 Å². The number of thiocarbonyl (C=S) groups is 1. The van der Waals surface area contributed by atoms with E-state index in [0.717, 1.165) is 5.82 Å². The summed E-state index contributed by atoms with van der Waals surface area (Å²) in [4.78, 5) is 6.59. The number of aliphatic hydroxyl groups is 1. The molecule has 0 amide bonds. The van der Waals surface area contributed by atoms with Crippen LogP contribution in [0.3, 0.4) is 0 Å². The van der Waals surface area contributed by atoms with Crippen LogP contribution in [0, 0.1) is 0 Å². The molecule has 19 heavy (non-hydrogen) atoms. The van der Waals surface area contributed by atoms with Crippen LogP contribution >= 0.6 is 12.2 Å². The Morgan fingerprint density at radius 2 is 2.21 bits per heavy atom. The lowest BCUT2D eigenvalue weighted by Crippen LogP contribution is -2.46. The number of hydrogen-bond acceptors (Lipinski definition) is 5. The van der Waals surface area contributed by atoms with Gasteiger partial charge in [-0.3, -0.25) is 0 Å². The Balaban J connectivity index is 2.08. The molecule has 1 saturated heterocycles. The van der Waals surface area contributed by atoms with Crippen LogP contribution in [0.2, 0.25) is 0 Å². The summed E-state index contributed by atoms with van der Waals surface area (Å²) in [5.74, 6) is 0.755. The number of likely N-dealkylation sites (N-methyl/N-ethyl adjacent to an activating group) is 1. The normalized spacial score (nSPS) is 18.0. The lowest BCUT2D eigenvalue weighted by Gasteiger charge is -2.35. The average molecular weight is 281 g/mol. The first-order valence-corrected chi connectivity index (χ1v) is 6.69. The van der Waals surface area contributed by atoms with Gasteiger partial charge in [-0.15, -0.1) is 0 Å². The standard InChI is InChI=1S/C13H19N3O2S/c1-16(9-13(17)5-7-18-8-6-13)11-4-2-3-10(15-11)12(14)19/h2-4,17H,5-9H2,1H3,(H2,14,19). The maximum atomic E-state index is 10.5. The number of pyridine rings is 1. The van der Waals surface area contributed by atoms with Gasteiger partial charge in [0.1, 0.15) is 10.8 Å². The van der Waals surface area contributed by atoms with Crippen molar-refractivity contribution in [2.75, 3.05) is 31.7 Å². The van der Waals surface area contributed by atoms with Gasteiger partial charge in [-0.1, -0.05) is 18.3 Å². The molecule has 1 aliphatic rings. The number of nitrogens with two attached hydrogens (primary N) is 1. The topological polar surface area (TPSA) is 71.6 Å². The zero-order valence-electron chi connectivity index (χ0n) is 11.0. The molecule has 0 unspecified atom stereocenters. The molecule has 0 spiro atoms. The molecule has 1 aromatic heterocycles. The van der Waals surface area contributed by atoms with Gasteiger partial charge in [0.05, 0.1) is 11.3 Å². The van der Waals surface area contributed by atoms with Crippen molar-refractivity contribution in [3.63, 3.8) is 0 Å². The molecule has 0 aliphatic carbocycles. The third kappa shape index (κ3) is 3.62. The Kier molecular flexibility index (Phi) is 4.34. The number of anilines is 1. The summed E-state index contributed by atoms with van der Waals surface area (Å²) in [7, 11) is 1.90. The van der Waals surface area contributed by atoms with E-state index in [1.807, 2.05) is 24.1 Å². The van der Waals surface area contributed by atoms with Crippen molar-refractivity contribution in [1.29, 1.82) is 0 Å². The van der Waals surface area contributed by atoms with Gasteiger partial charge in [0.2, 0.25) is 0 Å². The zero-order valence-corrected chi connectivity index (χ0v) is 11.8. The second-order valence-corrected chi connectivity index (χ2v) is 5.38. The van der Waals surface area contributed by atoms with Crippen molar-refractivity contribution in [3.8, 4) is 0 Å². The minimum atomic E-state index is -0.714. The van der Waals surface area contributed by atoms with E-state index in [4.69, 9.17) is 22.7 Å². The molecule has 2 heterocycles. The summed E-state index contributed by atoms with van der Waals surface area (Å²) in [6.45, 7) is 1.72. The Bertz CT molecular complexity index is 461. The van der Waals surface area contributed by atoms with E-state index in [9.17, 15) is 5.11 Å². The summed E-state index contributed by atoms with van der Waals surface area (Å²) in [5.41, 5.74) is 5.46. The van der Waals surface area contributed by atoms with Crippen LogP contribution in [0.1, 0.15) is 18.5 Å².